The lowest BCUT2D eigenvalue weighted by atomic mass is 9.93. The molecule has 1 atom stereocenters. The lowest BCUT2D eigenvalue weighted by Crippen LogP contribution is -2.26. The monoisotopic (exact) mass is 323 g/mol. The van der Waals surface area contributed by atoms with Crippen LogP contribution in [0.1, 0.15) is 51.0 Å². The van der Waals surface area contributed by atoms with Crippen molar-refractivity contribution in [3.8, 4) is 0 Å². The van der Waals surface area contributed by atoms with Crippen LogP contribution in [-0.2, 0) is 6.42 Å². The van der Waals surface area contributed by atoms with Crippen LogP contribution in [0.3, 0.4) is 0 Å². The minimum atomic E-state index is 0.783. The molecular weight excluding hydrogens is 298 g/mol. The van der Waals surface area contributed by atoms with E-state index in [0.717, 1.165) is 12.0 Å². The molecule has 1 aromatic carbocycles. The molecule has 0 aromatic heterocycles. The summed E-state index contributed by atoms with van der Waals surface area (Å²) in [5.41, 5.74) is 1.46. The van der Waals surface area contributed by atoms with Gasteiger partial charge in [0.05, 0.1) is 0 Å². The molecule has 1 saturated carbocycles. The second-order valence-corrected chi connectivity index (χ2v) is 6.69. The van der Waals surface area contributed by atoms with Crippen molar-refractivity contribution < 1.29 is 0 Å². The molecule has 19 heavy (non-hydrogen) atoms. The zero-order valence-electron chi connectivity index (χ0n) is 12.0. The van der Waals surface area contributed by atoms with E-state index in [1.807, 2.05) is 0 Å². The van der Waals surface area contributed by atoms with E-state index in [9.17, 15) is 0 Å². The van der Waals surface area contributed by atoms with Crippen molar-refractivity contribution in [2.24, 2.45) is 5.92 Å². The molecule has 0 saturated heterocycles. The van der Waals surface area contributed by atoms with Crippen LogP contribution >= 0.6 is 15.9 Å². The maximum atomic E-state index is 3.71. The molecule has 1 unspecified atom stereocenters. The maximum Gasteiger partial charge on any atom is 0.0207 e. The first-order valence-electron chi connectivity index (χ1n) is 7.76. The summed E-state index contributed by atoms with van der Waals surface area (Å²) in [5, 5.41) is 3.71. The highest BCUT2D eigenvalue weighted by Gasteiger charge is 2.22. The van der Waals surface area contributed by atoms with Gasteiger partial charge in [0.25, 0.3) is 0 Å². The SMILES string of the molecule is CCCCCC(CNC1CC1)Cc1ccccc1Br. The number of unbranched alkanes of at least 4 members (excludes halogenated alkanes) is 2. The fourth-order valence-electron chi connectivity index (χ4n) is 2.56. The summed E-state index contributed by atoms with van der Waals surface area (Å²) in [7, 11) is 0. The summed E-state index contributed by atoms with van der Waals surface area (Å²) in [5.74, 6) is 0.783. The van der Waals surface area contributed by atoms with Gasteiger partial charge < -0.3 is 5.32 Å². The predicted octanol–water partition coefficient (Wildman–Crippen LogP) is 4.94. The first-order chi connectivity index (χ1) is 9.29. The largest absolute Gasteiger partial charge is 0.314 e. The van der Waals surface area contributed by atoms with Gasteiger partial charge in [0, 0.05) is 10.5 Å². The molecule has 1 fully saturated rings. The van der Waals surface area contributed by atoms with E-state index < -0.39 is 0 Å². The van der Waals surface area contributed by atoms with E-state index in [0.29, 0.717) is 0 Å². The Labute approximate surface area is 126 Å². The number of nitrogens with one attached hydrogen (secondary N) is 1. The zero-order valence-corrected chi connectivity index (χ0v) is 13.6. The van der Waals surface area contributed by atoms with Crippen LogP contribution < -0.4 is 5.32 Å². The Morgan fingerprint density at radius 3 is 2.74 bits per heavy atom. The third kappa shape index (κ3) is 5.66. The molecule has 1 aliphatic rings. The molecule has 106 valence electrons. The Bertz CT molecular complexity index is 373. The molecule has 1 nitrogen and oxygen atoms in total. The van der Waals surface area contributed by atoms with Crippen molar-refractivity contribution in [3.63, 3.8) is 0 Å². The smallest absolute Gasteiger partial charge is 0.0207 e. The molecule has 1 aliphatic carbocycles. The molecule has 2 heteroatoms. The average molecular weight is 324 g/mol. The van der Waals surface area contributed by atoms with E-state index in [4.69, 9.17) is 0 Å². The second kappa shape index (κ2) is 8.06. The molecule has 0 amide bonds. The molecule has 0 radical (unpaired) electrons. The van der Waals surface area contributed by atoms with Gasteiger partial charge in [0.2, 0.25) is 0 Å². The quantitative estimate of drug-likeness (QED) is 0.634. The van der Waals surface area contributed by atoms with Gasteiger partial charge >= 0.3 is 0 Å². The number of hydrogen-bond acceptors (Lipinski definition) is 1. The van der Waals surface area contributed by atoms with Crippen LogP contribution in [0.4, 0.5) is 0 Å². The van der Waals surface area contributed by atoms with Gasteiger partial charge in [-0.25, -0.2) is 0 Å². The van der Waals surface area contributed by atoms with Crippen LogP contribution in [0.25, 0.3) is 0 Å². The van der Waals surface area contributed by atoms with Gasteiger partial charge in [-0.15, -0.1) is 0 Å². The second-order valence-electron chi connectivity index (χ2n) is 5.84. The van der Waals surface area contributed by atoms with Crippen LogP contribution in [0, 0.1) is 5.92 Å². The molecule has 2 rings (SSSR count). The number of benzene rings is 1. The molecule has 0 heterocycles. The van der Waals surface area contributed by atoms with Gasteiger partial charge in [0.15, 0.2) is 0 Å². The normalized spacial score (nSPS) is 16.5. The molecule has 0 spiro atoms. The van der Waals surface area contributed by atoms with Gasteiger partial charge in [-0.1, -0.05) is 60.3 Å². The average Bonchev–Trinajstić information content (AvgIpc) is 3.22. The number of rotatable bonds is 9. The lowest BCUT2D eigenvalue weighted by Gasteiger charge is -2.18. The summed E-state index contributed by atoms with van der Waals surface area (Å²) in [6.07, 6.45) is 9.39. The van der Waals surface area contributed by atoms with E-state index in [1.165, 1.54) is 61.5 Å². The first kappa shape index (κ1) is 15.1. The minimum Gasteiger partial charge on any atom is -0.314 e. The van der Waals surface area contributed by atoms with Gasteiger partial charge in [-0.05, 0) is 49.8 Å². The zero-order chi connectivity index (χ0) is 13.5. The Hall–Kier alpha value is -0.340. The fraction of sp³-hybridized carbons (Fsp3) is 0.647. The van der Waals surface area contributed by atoms with Gasteiger partial charge in [-0.3, -0.25) is 0 Å². The third-order valence-corrected chi connectivity index (χ3v) is 4.73. The molecule has 1 aromatic rings. The molecule has 0 bridgehead atoms. The summed E-state index contributed by atoms with van der Waals surface area (Å²) < 4.78 is 1.27. The molecule has 1 N–H and O–H groups in total. The predicted molar refractivity (Wildman–Crippen MR) is 86.5 cm³/mol. The summed E-state index contributed by atoms with van der Waals surface area (Å²) in [6.45, 7) is 3.47. The van der Waals surface area contributed by atoms with Crippen molar-refractivity contribution in [1.29, 1.82) is 0 Å². The van der Waals surface area contributed by atoms with Crippen LogP contribution in [0.15, 0.2) is 28.7 Å². The highest BCUT2D eigenvalue weighted by molar-refractivity contribution is 9.10. The van der Waals surface area contributed by atoms with E-state index in [-0.39, 0.29) is 0 Å². The topological polar surface area (TPSA) is 12.0 Å². The highest BCUT2D eigenvalue weighted by Crippen LogP contribution is 2.24. The van der Waals surface area contributed by atoms with Gasteiger partial charge in [-0.2, -0.15) is 0 Å². The fourth-order valence-corrected chi connectivity index (χ4v) is 3.00. The summed E-state index contributed by atoms with van der Waals surface area (Å²) in [6, 6.07) is 9.49. The lowest BCUT2D eigenvalue weighted by molar-refractivity contribution is 0.422. The van der Waals surface area contributed by atoms with Crippen LogP contribution in [-0.4, -0.2) is 12.6 Å². The Morgan fingerprint density at radius 2 is 2.05 bits per heavy atom. The Morgan fingerprint density at radius 1 is 1.26 bits per heavy atom. The van der Waals surface area contributed by atoms with Crippen LogP contribution in [0.5, 0.6) is 0 Å². The number of halogens is 1. The van der Waals surface area contributed by atoms with Crippen LogP contribution in [0.2, 0.25) is 0 Å². The van der Waals surface area contributed by atoms with Crippen molar-refractivity contribution in [1.82, 2.24) is 5.32 Å². The van der Waals surface area contributed by atoms with Gasteiger partial charge in [0.1, 0.15) is 0 Å². The highest BCUT2D eigenvalue weighted by atomic mass is 79.9. The minimum absolute atomic E-state index is 0.783. The number of hydrogen-bond donors (Lipinski definition) is 1. The third-order valence-electron chi connectivity index (χ3n) is 3.95. The van der Waals surface area contributed by atoms with E-state index >= 15 is 0 Å². The van der Waals surface area contributed by atoms with E-state index in [2.05, 4.69) is 52.4 Å². The van der Waals surface area contributed by atoms with Crippen molar-refractivity contribution in [2.45, 2.75) is 57.9 Å². The maximum absolute atomic E-state index is 3.71. The summed E-state index contributed by atoms with van der Waals surface area (Å²) >= 11 is 3.68. The standard InChI is InChI=1S/C17H26BrN/c1-2-3-4-7-14(13-19-16-10-11-16)12-15-8-5-6-9-17(15)18/h5-6,8-9,14,16,19H,2-4,7,10-13H2,1H3. The van der Waals surface area contributed by atoms with Crippen molar-refractivity contribution in [2.75, 3.05) is 6.54 Å². The van der Waals surface area contributed by atoms with Crippen molar-refractivity contribution in [3.05, 3.63) is 34.3 Å². The first-order valence-corrected chi connectivity index (χ1v) is 8.55. The van der Waals surface area contributed by atoms with Crippen molar-refractivity contribution >= 4 is 15.9 Å². The summed E-state index contributed by atoms with van der Waals surface area (Å²) in [4.78, 5) is 0. The molecular formula is C17H26BrN. The Balaban J connectivity index is 1.85. The molecule has 0 aliphatic heterocycles. The van der Waals surface area contributed by atoms with E-state index in [1.54, 1.807) is 0 Å². The Kier molecular flexibility index (Phi) is 6.39.